The van der Waals surface area contributed by atoms with Gasteiger partial charge in [-0.1, -0.05) is 60.1 Å². The Morgan fingerprint density at radius 3 is 2.43 bits per heavy atom. The fraction of sp³-hybridized carbons (Fsp3) is 0.286. The lowest BCUT2D eigenvalue weighted by atomic mass is 10.0. The summed E-state index contributed by atoms with van der Waals surface area (Å²) in [6, 6.07) is 16.1. The van der Waals surface area contributed by atoms with Gasteiger partial charge in [0, 0.05) is 28.7 Å². The molecule has 9 heteroatoms. The van der Waals surface area contributed by atoms with Crippen LogP contribution in [-0.4, -0.2) is 38.6 Å². The van der Waals surface area contributed by atoms with Crippen LogP contribution in [0.25, 0.3) is 11.4 Å². The van der Waals surface area contributed by atoms with Crippen molar-refractivity contribution in [2.75, 3.05) is 11.9 Å². The van der Waals surface area contributed by atoms with Crippen LogP contribution in [0, 0.1) is 5.92 Å². The smallest absolute Gasteiger partial charge is 0.247 e. The molecule has 0 aliphatic rings. The Labute approximate surface area is 183 Å². The highest BCUT2D eigenvalue weighted by atomic mass is 79.9. The largest absolute Gasteiger partial charge is 0.354 e. The van der Waals surface area contributed by atoms with Gasteiger partial charge in [0.25, 0.3) is 0 Å². The molecule has 156 valence electrons. The highest BCUT2D eigenvalue weighted by Crippen LogP contribution is 2.19. The minimum atomic E-state index is -0.621. The summed E-state index contributed by atoms with van der Waals surface area (Å²) in [7, 11) is 0. The summed E-state index contributed by atoms with van der Waals surface area (Å²) in [4.78, 5) is 26.2. The Morgan fingerprint density at radius 1 is 1.07 bits per heavy atom. The molecule has 0 saturated heterocycles. The van der Waals surface area contributed by atoms with Crippen LogP contribution in [-0.2, 0) is 9.59 Å². The average molecular weight is 471 g/mol. The molecule has 1 atom stereocenters. The highest BCUT2D eigenvalue weighted by Gasteiger charge is 2.27. The highest BCUT2D eigenvalue weighted by molar-refractivity contribution is 9.10. The minimum Gasteiger partial charge on any atom is -0.354 e. The van der Waals surface area contributed by atoms with E-state index < -0.39 is 6.04 Å². The van der Waals surface area contributed by atoms with Crippen molar-refractivity contribution in [1.29, 1.82) is 0 Å². The Kier molecular flexibility index (Phi) is 7.29. The van der Waals surface area contributed by atoms with Gasteiger partial charge in [-0.3, -0.25) is 9.59 Å². The standard InChI is InChI=1S/C21H23BrN6O2/c1-14(2)19(28-26-20(25-27-28)15-6-4-3-5-7-15)21(30)23-13-12-18(29)24-17-10-8-16(22)9-11-17/h3-11,14,19H,12-13H2,1-2H3,(H,23,30)(H,24,29). The molecule has 3 aromatic rings. The zero-order valence-corrected chi connectivity index (χ0v) is 18.3. The van der Waals surface area contributed by atoms with E-state index in [9.17, 15) is 9.59 Å². The fourth-order valence-electron chi connectivity index (χ4n) is 2.88. The van der Waals surface area contributed by atoms with Gasteiger partial charge >= 0.3 is 0 Å². The van der Waals surface area contributed by atoms with E-state index in [4.69, 9.17) is 0 Å². The van der Waals surface area contributed by atoms with E-state index in [1.165, 1.54) is 4.80 Å². The molecule has 30 heavy (non-hydrogen) atoms. The molecule has 1 unspecified atom stereocenters. The lowest BCUT2D eigenvalue weighted by Gasteiger charge is -2.18. The minimum absolute atomic E-state index is 0.0561. The molecule has 8 nitrogen and oxygen atoms in total. The third kappa shape index (κ3) is 5.73. The number of rotatable bonds is 8. The van der Waals surface area contributed by atoms with Crippen LogP contribution in [0.3, 0.4) is 0 Å². The number of carbonyl (C=O) groups is 2. The first-order valence-corrected chi connectivity index (χ1v) is 10.4. The molecule has 0 saturated carbocycles. The average Bonchev–Trinajstić information content (AvgIpc) is 3.20. The van der Waals surface area contributed by atoms with Gasteiger partial charge in [0.1, 0.15) is 0 Å². The van der Waals surface area contributed by atoms with Crippen molar-refractivity contribution < 1.29 is 9.59 Å². The zero-order chi connectivity index (χ0) is 21.5. The van der Waals surface area contributed by atoms with Gasteiger partial charge in [-0.2, -0.15) is 4.80 Å². The van der Waals surface area contributed by atoms with E-state index in [0.29, 0.717) is 11.5 Å². The normalized spacial score (nSPS) is 11.9. The number of aromatic nitrogens is 4. The molecule has 0 fully saturated rings. The molecular weight excluding hydrogens is 448 g/mol. The number of hydrogen-bond donors (Lipinski definition) is 2. The third-order valence-corrected chi connectivity index (χ3v) is 4.92. The summed E-state index contributed by atoms with van der Waals surface area (Å²) in [6.45, 7) is 4.04. The molecule has 0 aliphatic carbocycles. The SMILES string of the molecule is CC(C)C(C(=O)NCCC(=O)Nc1ccc(Br)cc1)n1nnc(-c2ccccc2)n1. The number of tetrazole rings is 1. The van der Waals surface area contributed by atoms with E-state index in [-0.39, 0.29) is 30.7 Å². The first-order valence-electron chi connectivity index (χ1n) is 9.62. The first-order chi connectivity index (χ1) is 14.4. The summed E-state index contributed by atoms with van der Waals surface area (Å²) in [6.07, 6.45) is 0.159. The van der Waals surface area contributed by atoms with Crippen molar-refractivity contribution in [1.82, 2.24) is 25.5 Å². The van der Waals surface area contributed by atoms with Gasteiger partial charge in [-0.05, 0) is 35.4 Å². The Morgan fingerprint density at radius 2 is 1.77 bits per heavy atom. The molecule has 0 spiro atoms. The second-order valence-corrected chi connectivity index (χ2v) is 8.00. The van der Waals surface area contributed by atoms with Gasteiger partial charge < -0.3 is 10.6 Å². The van der Waals surface area contributed by atoms with Gasteiger partial charge in [0.05, 0.1) is 0 Å². The summed E-state index contributed by atoms with van der Waals surface area (Å²) < 4.78 is 0.935. The van der Waals surface area contributed by atoms with E-state index >= 15 is 0 Å². The van der Waals surface area contributed by atoms with Crippen LogP contribution in [0.1, 0.15) is 26.3 Å². The number of hydrogen-bond acceptors (Lipinski definition) is 5. The molecule has 1 aromatic heterocycles. The number of nitrogens with one attached hydrogen (secondary N) is 2. The van der Waals surface area contributed by atoms with E-state index in [1.807, 2.05) is 56.3 Å². The maximum absolute atomic E-state index is 12.7. The van der Waals surface area contributed by atoms with Crippen LogP contribution in [0.2, 0.25) is 0 Å². The number of carbonyl (C=O) groups excluding carboxylic acids is 2. The van der Waals surface area contributed by atoms with Crippen LogP contribution in [0.5, 0.6) is 0 Å². The molecule has 1 heterocycles. The lowest BCUT2D eigenvalue weighted by molar-refractivity contribution is -0.126. The molecule has 0 radical (unpaired) electrons. The van der Waals surface area contributed by atoms with Crippen molar-refractivity contribution in [3.8, 4) is 11.4 Å². The summed E-state index contributed by atoms with van der Waals surface area (Å²) in [5.74, 6) is -0.0234. The number of nitrogens with zero attached hydrogens (tertiary/aromatic N) is 4. The topological polar surface area (TPSA) is 102 Å². The lowest BCUT2D eigenvalue weighted by Crippen LogP contribution is -2.38. The third-order valence-electron chi connectivity index (χ3n) is 4.39. The fourth-order valence-corrected chi connectivity index (χ4v) is 3.14. The quantitative estimate of drug-likeness (QED) is 0.524. The van der Waals surface area contributed by atoms with Crippen molar-refractivity contribution in [3.63, 3.8) is 0 Å². The van der Waals surface area contributed by atoms with E-state index in [2.05, 4.69) is 42.0 Å². The van der Waals surface area contributed by atoms with Crippen LogP contribution in [0.15, 0.2) is 59.1 Å². The summed E-state index contributed by atoms with van der Waals surface area (Å²) in [5, 5.41) is 18.1. The van der Waals surface area contributed by atoms with Gasteiger partial charge in [0.15, 0.2) is 6.04 Å². The van der Waals surface area contributed by atoms with Crippen LogP contribution >= 0.6 is 15.9 Å². The molecule has 2 N–H and O–H groups in total. The van der Waals surface area contributed by atoms with Gasteiger partial charge in [-0.15, -0.1) is 10.2 Å². The van der Waals surface area contributed by atoms with Gasteiger partial charge in [-0.25, -0.2) is 0 Å². The van der Waals surface area contributed by atoms with E-state index in [0.717, 1.165) is 10.0 Å². The summed E-state index contributed by atoms with van der Waals surface area (Å²) in [5.41, 5.74) is 1.53. The first kappa shape index (κ1) is 21.6. The molecule has 0 bridgehead atoms. The van der Waals surface area contributed by atoms with Crippen LogP contribution in [0.4, 0.5) is 5.69 Å². The maximum atomic E-state index is 12.7. The van der Waals surface area contributed by atoms with Crippen LogP contribution < -0.4 is 10.6 Å². The zero-order valence-electron chi connectivity index (χ0n) is 16.7. The van der Waals surface area contributed by atoms with Crippen molar-refractivity contribution in [2.24, 2.45) is 5.92 Å². The predicted octanol–water partition coefficient (Wildman–Crippen LogP) is 3.44. The molecule has 2 aromatic carbocycles. The van der Waals surface area contributed by atoms with E-state index in [1.54, 1.807) is 12.1 Å². The van der Waals surface area contributed by atoms with Crippen molar-refractivity contribution in [3.05, 3.63) is 59.1 Å². The molecule has 3 rings (SSSR count). The number of benzene rings is 2. The number of halogens is 1. The second kappa shape index (κ2) is 10.1. The molecule has 0 aliphatic heterocycles. The predicted molar refractivity (Wildman–Crippen MR) is 118 cm³/mol. The van der Waals surface area contributed by atoms with Gasteiger partial charge in [0.2, 0.25) is 17.6 Å². The number of anilines is 1. The molecular formula is C21H23BrN6O2. The number of amides is 2. The maximum Gasteiger partial charge on any atom is 0.247 e. The monoisotopic (exact) mass is 470 g/mol. The van der Waals surface area contributed by atoms with Crippen molar-refractivity contribution in [2.45, 2.75) is 26.3 Å². The molecule has 2 amide bonds. The Balaban J connectivity index is 1.56. The Bertz CT molecular complexity index is 988. The van der Waals surface area contributed by atoms with Crippen molar-refractivity contribution >= 4 is 33.4 Å². The Hall–Kier alpha value is -3.07. The summed E-state index contributed by atoms with van der Waals surface area (Å²) >= 11 is 3.35. The second-order valence-electron chi connectivity index (χ2n) is 7.08.